The standard InChI is InChI=1S/C14H15OPS/c1-3-10-9-11-7-5-6-8-13(11)14(16,17-15)12(10)4-2/h3-8,15H,1-2,9,16H2. The molecular weight excluding hydrogens is 247 g/mol. The SMILES string of the molecule is C=CC1=C(C=C)C(P)(SO)c2ccccc2C1. The van der Waals surface area contributed by atoms with E-state index in [1.165, 1.54) is 5.56 Å². The first-order valence-electron chi connectivity index (χ1n) is 5.35. The molecule has 1 N–H and O–H groups in total. The van der Waals surface area contributed by atoms with Gasteiger partial charge in [0.05, 0.1) is 0 Å². The van der Waals surface area contributed by atoms with Crippen LogP contribution in [-0.2, 0) is 10.9 Å². The molecule has 2 atom stereocenters. The van der Waals surface area contributed by atoms with Crippen LogP contribution in [0.3, 0.4) is 0 Å². The van der Waals surface area contributed by atoms with Crippen LogP contribution >= 0.6 is 21.3 Å². The molecule has 1 aromatic carbocycles. The van der Waals surface area contributed by atoms with Gasteiger partial charge in [0.15, 0.2) is 0 Å². The predicted molar refractivity (Wildman–Crippen MR) is 79.2 cm³/mol. The van der Waals surface area contributed by atoms with E-state index < -0.39 is 4.49 Å². The smallest absolute Gasteiger partial charge is 0.106 e. The van der Waals surface area contributed by atoms with Gasteiger partial charge in [0, 0.05) is 12.0 Å². The van der Waals surface area contributed by atoms with Crippen molar-refractivity contribution in [1.82, 2.24) is 0 Å². The number of hydrogen-bond donors (Lipinski definition) is 1. The third kappa shape index (κ3) is 1.91. The molecule has 0 heterocycles. The van der Waals surface area contributed by atoms with Gasteiger partial charge in [-0.25, -0.2) is 0 Å². The molecule has 0 aromatic heterocycles. The van der Waals surface area contributed by atoms with Crippen LogP contribution in [0, 0.1) is 0 Å². The normalized spacial score (nSPS) is 23.2. The summed E-state index contributed by atoms with van der Waals surface area (Å²) in [6, 6.07) is 8.15. The molecule has 0 spiro atoms. The second kappa shape index (κ2) is 4.81. The van der Waals surface area contributed by atoms with Crippen LogP contribution < -0.4 is 0 Å². The summed E-state index contributed by atoms with van der Waals surface area (Å²) in [5.74, 6) is 0. The molecule has 1 aliphatic rings. The van der Waals surface area contributed by atoms with Gasteiger partial charge < -0.3 is 4.55 Å². The molecule has 1 aliphatic carbocycles. The molecule has 2 rings (SSSR count). The van der Waals surface area contributed by atoms with E-state index in [9.17, 15) is 4.55 Å². The molecule has 2 unspecified atom stereocenters. The van der Waals surface area contributed by atoms with Crippen molar-refractivity contribution >= 4 is 21.3 Å². The first-order valence-corrected chi connectivity index (χ1v) is 6.70. The van der Waals surface area contributed by atoms with E-state index in [1.807, 2.05) is 24.3 Å². The Morgan fingerprint density at radius 1 is 1.29 bits per heavy atom. The Bertz CT molecular complexity index is 507. The van der Waals surface area contributed by atoms with Gasteiger partial charge in [-0.05, 0) is 28.7 Å². The van der Waals surface area contributed by atoms with Gasteiger partial charge in [0.1, 0.15) is 4.49 Å². The summed E-state index contributed by atoms with van der Waals surface area (Å²) < 4.78 is 9.16. The van der Waals surface area contributed by atoms with Gasteiger partial charge in [-0.15, -0.1) is 9.24 Å². The molecule has 3 heteroatoms. The van der Waals surface area contributed by atoms with Gasteiger partial charge in [-0.1, -0.05) is 49.6 Å². The van der Waals surface area contributed by atoms with Crippen LogP contribution in [0.2, 0.25) is 0 Å². The van der Waals surface area contributed by atoms with Crippen molar-refractivity contribution in [3.05, 3.63) is 71.8 Å². The van der Waals surface area contributed by atoms with E-state index >= 15 is 0 Å². The Kier molecular flexibility index (Phi) is 3.58. The average molecular weight is 262 g/mol. The summed E-state index contributed by atoms with van der Waals surface area (Å²) in [5, 5.41) is 0. The van der Waals surface area contributed by atoms with Gasteiger partial charge in [-0.3, -0.25) is 0 Å². The lowest BCUT2D eigenvalue weighted by atomic mass is 9.85. The van der Waals surface area contributed by atoms with Crippen molar-refractivity contribution in [2.45, 2.75) is 10.9 Å². The zero-order valence-electron chi connectivity index (χ0n) is 9.52. The second-order valence-corrected chi connectivity index (χ2v) is 6.12. The van der Waals surface area contributed by atoms with Gasteiger partial charge in [0.2, 0.25) is 0 Å². The maximum atomic E-state index is 9.69. The topological polar surface area (TPSA) is 20.2 Å². The highest BCUT2D eigenvalue weighted by molar-refractivity contribution is 7.98. The molecule has 0 bridgehead atoms. The molecular formula is C14H15OPS. The monoisotopic (exact) mass is 262 g/mol. The van der Waals surface area contributed by atoms with Crippen LogP contribution in [0.5, 0.6) is 0 Å². The highest BCUT2D eigenvalue weighted by atomic mass is 32.2. The van der Waals surface area contributed by atoms with Gasteiger partial charge in [-0.2, -0.15) is 0 Å². The Balaban J connectivity index is 2.71. The Morgan fingerprint density at radius 3 is 2.59 bits per heavy atom. The molecule has 0 radical (unpaired) electrons. The van der Waals surface area contributed by atoms with E-state index in [4.69, 9.17) is 0 Å². The zero-order chi connectivity index (χ0) is 12.5. The van der Waals surface area contributed by atoms with E-state index in [0.717, 1.165) is 35.2 Å². The first kappa shape index (κ1) is 12.6. The van der Waals surface area contributed by atoms with Crippen molar-refractivity contribution in [1.29, 1.82) is 0 Å². The van der Waals surface area contributed by atoms with E-state index in [0.29, 0.717) is 0 Å². The lowest BCUT2D eigenvalue weighted by Gasteiger charge is -2.35. The molecule has 0 aliphatic heterocycles. The number of rotatable bonds is 3. The predicted octanol–water partition coefficient (Wildman–Crippen LogP) is 4.15. The minimum absolute atomic E-state index is 0.528. The summed E-state index contributed by atoms with van der Waals surface area (Å²) in [7, 11) is 2.74. The number of hydrogen-bond acceptors (Lipinski definition) is 2. The summed E-state index contributed by atoms with van der Waals surface area (Å²) >= 11 is 0.829. The number of allylic oxidation sites excluding steroid dienone is 3. The molecule has 1 nitrogen and oxygen atoms in total. The molecule has 0 amide bonds. The molecule has 88 valence electrons. The Hall–Kier alpha value is -0.820. The van der Waals surface area contributed by atoms with Crippen molar-refractivity contribution in [2.75, 3.05) is 0 Å². The fourth-order valence-corrected chi connectivity index (χ4v) is 3.48. The third-order valence-electron chi connectivity index (χ3n) is 3.14. The van der Waals surface area contributed by atoms with E-state index in [1.54, 1.807) is 0 Å². The quantitative estimate of drug-likeness (QED) is 0.652. The van der Waals surface area contributed by atoms with Crippen LogP contribution in [-0.4, -0.2) is 4.55 Å². The van der Waals surface area contributed by atoms with Crippen molar-refractivity contribution in [2.24, 2.45) is 0 Å². The molecule has 1 aromatic rings. The number of fused-ring (bicyclic) bond motifs is 1. The minimum Gasteiger partial charge on any atom is -0.329 e. The number of benzene rings is 1. The van der Waals surface area contributed by atoms with Crippen molar-refractivity contribution < 1.29 is 4.55 Å². The largest absolute Gasteiger partial charge is 0.329 e. The fraction of sp³-hybridized carbons (Fsp3) is 0.143. The summed E-state index contributed by atoms with van der Waals surface area (Å²) in [6.45, 7) is 7.70. The molecule has 0 saturated carbocycles. The third-order valence-corrected chi connectivity index (χ3v) is 4.81. The lowest BCUT2D eigenvalue weighted by Crippen LogP contribution is -2.23. The van der Waals surface area contributed by atoms with Crippen molar-refractivity contribution in [3.63, 3.8) is 0 Å². The van der Waals surface area contributed by atoms with E-state index in [2.05, 4.69) is 34.5 Å². The summed E-state index contributed by atoms with van der Waals surface area (Å²) in [5.41, 5.74) is 4.49. The second-order valence-electron chi connectivity index (χ2n) is 4.01. The summed E-state index contributed by atoms with van der Waals surface area (Å²) in [4.78, 5) is 0. The minimum atomic E-state index is -0.528. The maximum Gasteiger partial charge on any atom is 0.106 e. The first-order chi connectivity index (χ1) is 8.17. The maximum absolute atomic E-state index is 9.69. The van der Waals surface area contributed by atoms with Crippen LogP contribution in [0.15, 0.2) is 60.7 Å². The Morgan fingerprint density at radius 2 is 2.00 bits per heavy atom. The van der Waals surface area contributed by atoms with Crippen LogP contribution in [0.1, 0.15) is 11.1 Å². The summed E-state index contributed by atoms with van der Waals surface area (Å²) in [6.07, 6.45) is 4.50. The van der Waals surface area contributed by atoms with E-state index in [-0.39, 0.29) is 0 Å². The van der Waals surface area contributed by atoms with Crippen LogP contribution in [0.25, 0.3) is 0 Å². The average Bonchev–Trinajstić information content (AvgIpc) is 2.38. The highest BCUT2D eigenvalue weighted by Gasteiger charge is 2.37. The van der Waals surface area contributed by atoms with Crippen molar-refractivity contribution in [3.8, 4) is 0 Å². The van der Waals surface area contributed by atoms with Gasteiger partial charge >= 0.3 is 0 Å². The Labute approximate surface area is 109 Å². The van der Waals surface area contributed by atoms with Gasteiger partial charge in [0.25, 0.3) is 0 Å². The molecule has 17 heavy (non-hydrogen) atoms. The lowest BCUT2D eigenvalue weighted by molar-refractivity contribution is 0.650. The fourth-order valence-electron chi connectivity index (χ4n) is 2.28. The highest BCUT2D eigenvalue weighted by Crippen LogP contribution is 2.53. The van der Waals surface area contributed by atoms with Crippen LogP contribution in [0.4, 0.5) is 0 Å². The zero-order valence-corrected chi connectivity index (χ0v) is 11.5. The molecule has 0 fully saturated rings. The molecule has 0 saturated heterocycles.